The van der Waals surface area contributed by atoms with E-state index in [9.17, 15) is 0 Å². The van der Waals surface area contributed by atoms with Gasteiger partial charge in [0.1, 0.15) is 5.75 Å². The molecule has 2 aromatic carbocycles. The van der Waals surface area contributed by atoms with Crippen LogP contribution in [0, 0.1) is 0 Å². The maximum Gasteiger partial charge on any atom is 0.692 e. The molecule has 0 bridgehead atoms. The Bertz CT molecular complexity index is 640. The molecule has 0 amide bonds. The largest absolute Gasteiger partial charge is 0.692 e. The van der Waals surface area contributed by atoms with E-state index in [0.29, 0.717) is 0 Å². The Morgan fingerprint density at radius 1 is 1.00 bits per heavy atom. The molecule has 2 aromatic rings. The fourth-order valence-corrected chi connectivity index (χ4v) is 2.70. The Morgan fingerprint density at radius 3 is 2.04 bits per heavy atom. The molecule has 5 nitrogen and oxygen atoms in total. The summed E-state index contributed by atoms with van der Waals surface area (Å²) in [6, 6.07) is 12.7. The van der Waals surface area contributed by atoms with E-state index in [1.54, 1.807) is 14.2 Å². The van der Waals surface area contributed by atoms with Crippen molar-refractivity contribution in [2.45, 2.75) is 32.3 Å². The first-order chi connectivity index (χ1) is 10.9. The van der Waals surface area contributed by atoms with Crippen molar-refractivity contribution in [3.05, 3.63) is 42.0 Å². The third-order valence-electron chi connectivity index (χ3n) is 4.11. The summed E-state index contributed by atoms with van der Waals surface area (Å²) in [6.45, 7) is 4.34. The van der Waals surface area contributed by atoms with Gasteiger partial charge in [0.05, 0.1) is 12.7 Å². The molecule has 0 saturated carbocycles. The lowest BCUT2D eigenvalue weighted by Gasteiger charge is -2.31. The lowest BCUT2D eigenvalue weighted by Crippen LogP contribution is -2.26. The number of methoxy groups -OCH3 is 2. The van der Waals surface area contributed by atoms with Gasteiger partial charge in [-0.2, -0.15) is 0 Å². The van der Waals surface area contributed by atoms with Crippen molar-refractivity contribution < 1.29 is 23.8 Å². The van der Waals surface area contributed by atoms with Gasteiger partial charge in [-0.05, 0) is 47.4 Å². The Kier molecular flexibility index (Phi) is 7.59. The zero-order valence-corrected chi connectivity index (χ0v) is 14.8. The third-order valence-corrected chi connectivity index (χ3v) is 4.11. The zero-order chi connectivity index (χ0) is 17.5. The second kappa shape index (κ2) is 8.94. The molecule has 0 unspecified atom stereocenters. The van der Waals surface area contributed by atoms with Crippen LogP contribution >= 0.6 is 8.25 Å². The van der Waals surface area contributed by atoms with Gasteiger partial charge in [0, 0.05) is 11.7 Å². The molecule has 0 heterocycles. The molecule has 2 rings (SSSR count). The van der Waals surface area contributed by atoms with Gasteiger partial charge in [0.25, 0.3) is 0 Å². The number of hydrogen-bond donors (Lipinski definition) is 2. The van der Waals surface area contributed by atoms with E-state index in [1.807, 2.05) is 6.07 Å². The van der Waals surface area contributed by atoms with E-state index in [2.05, 4.69) is 44.2 Å². The molecule has 0 aliphatic carbocycles. The number of fused-ring (bicyclic) bond motifs is 1. The average molecular weight is 339 g/mol. The van der Waals surface area contributed by atoms with Crippen LogP contribution in [-0.2, 0) is 14.9 Å². The van der Waals surface area contributed by atoms with Crippen molar-refractivity contribution in [2.75, 3.05) is 14.2 Å². The summed E-state index contributed by atoms with van der Waals surface area (Å²) in [5.41, 5.74) is 1.05. The Labute approximate surface area is 137 Å². The fourth-order valence-electron chi connectivity index (χ4n) is 2.70. The molecule has 0 aliphatic rings. The highest BCUT2D eigenvalue weighted by Gasteiger charge is 2.27. The summed E-state index contributed by atoms with van der Waals surface area (Å²) in [6.07, 6.45) is 1.94. The summed E-state index contributed by atoms with van der Waals surface area (Å²) in [5.74, 6) is 0.890. The van der Waals surface area contributed by atoms with E-state index in [0.717, 1.165) is 18.6 Å². The lowest BCUT2D eigenvalue weighted by atomic mass is 9.87. The SMILES string of the molecule is CCC(CC)(OC)c1ccc2ccc(OC)cc2c1.O=[P+](O)O. The number of ether oxygens (including phenoxy) is 2. The monoisotopic (exact) mass is 339 g/mol. The highest BCUT2D eigenvalue weighted by molar-refractivity contribution is 7.30. The van der Waals surface area contributed by atoms with E-state index >= 15 is 0 Å². The van der Waals surface area contributed by atoms with Gasteiger partial charge in [-0.15, -0.1) is 9.79 Å². The van der Waals surface area contributed by atoms with Crippen LogP contribution in [0.25, 0.3) is 10.8 Å². The first-order valence-electron chi connectivity index (χ1n) is 7.40. The van der Waals surface area contributed by atoms with Crippen LogP contribution in [0.4, 0.5) is 0 Å². The quantitative estimate of drug-likeness (QED) is 0.801. The summed E-state index contributed by atoms with van der Waals surface area (Å²) in [5, 5.41) is 2.42. The summed E-state index contributed by atoms with van der Waals surface area (Å²) in [4.78, 5) is 14.2. The van der Waals surface area contributed by atoms with Gasteiger partial charge in [0.2, 0.25) is 0 Å². The smallest absolute Gasteiger partial charge is 0.497 e. The van der Waals surface area contributed by atoms with Crippen molar-refractivity contribution in [2.24, 2.45) is 0 Å². The standard InChI is InChI=1S/C17H22O2.HO3P/c1-5-17(6-2,19-4)15-9-7-13-8-10-16(18-3)12-14(13)11-15;1-4(2)3/h7-12H,5-6H2,1-4H3;(H-,1,2,3)/p+1. The number of rotatable bonds is 5. The van der Waals surface area contributed by atoms with Crippen molar-refractivity contribution in [1.29, 1.82) is 0 Å². The molecule has 0 saturated heterocycles. The van der Waals surface area contributed by atoms with Crippen molar-refractivity contribution in [1.82, 2.24) is 0 Å². The van der Waals surface area contributed by atoms with E-state index in [4.69, 9.17) is 23.8 Å². The topological polar surface area (TPSA) is 76.0 Å². The molecule has 23 heavy (non-hydrogen) atoms. The van der Waals surface area contributed by atoms with E-state index in [-0.39, 0.29) is 5.60 Å². The van der Waals surface area contributed by atoms with Gasteiger partial charge < -0.3 is 9.47 Å². The Balaban J connectivity index is 0.000000593. The first-order valence-corrected chi connectivity index (χ1v) is 8.57. The molecule has 0 fully saturated rings. The normalized spacial score (nSPS) is 10.9. The lowest BCUT2D eigenvalue weighted by molar-refractivity contribution is -0.0216. The highest BCUT2D eigenvalue weighted by atomic mass is 31.1. The molecule has 0 aliphatic heterocycles. The molecule has 0 radical (unpaired) electrons. The van der Waals surface area contributed by atoms with Crippen molar-refractivity contribution in [3.8, 4) is 5.75 Å². The molecule has 0 spiro atoms. The summed E-state index contributed by atoms with van der Waals surface area (Å²) in [7, 11) is 0.621. The number of benzene rings is 2. The first kappa shape index (κ1) is 19.5. The molecule has 0 aromatic heterocycles. The Morgan fingerprint density at radius 2 is 1.57 bits per heavy atom. The van der Waals surface area contributed by atoms with Crippen LogP contribution in [-0.4, -0.2) is 24.0 Å². The maximum atomic E-state index is 8.70. The van der Waals surface area contributed by atoms with Crippen LogP contribution in [0.2, 0.25) is 0 Å². The minimum absolute atomic E-state index is 0.183. The molecule has 126 valence electrons. The van der Waals surface area contributed by atoms with Gasteiger partial charge >= 0.3 is 8.25 Å². The van der Waals surface area contributed by atoms with Crippen LogP contribution in [0.1, 0.15) is 32.3 Å². The zero-order valence-electron chi connectivity index (χ0n) is 13.9. The van der Waals surface area contributed by atoms with Gasteiger partial charge in [-0.3, -0.25) is 0 Å². The van der Waals surface area contributed by atoms with Crippen LogP contribution in [0.15, 0.2) is 36.4 Å². The van der Waals surface area contributed by atoms with Crippen molar-refractivity contribution >= 4 is 19.0 Å². The molecule has 0 atom stereocenters. The van der Waals surface area contributed by atoms with Gasteiger partial charge in [0.15, 0.2) is 0 Å². The van der Waals surface area contributed by atoms with Crippen LogP contribution in [0.3, 0.4) is 0 Å². The van der Waals surface area contributed by atoms with E-state index in [1.165, 1.54) is 16.3 Å². The van der Waals surface area contributed by atoms with Gasteiger partial charge in [-0.1, -0.05) is 32.0 Å². The Hall–Kier alpha value is -1.52. The summed E-state index contributed by atoms with van der Waals surface area (Å²) >= 11 is 0. The third kappa shape index (κ3) is 4.98. The number of hydrogen-bond acceptors (Lipinski definition) is 3. The second-order valence-electron chi connectivity index (χ2n) is 5.09. The molecule has 6 heteroatoms. The minimum Gasteiger partial charge on any atom is -0.497 e. The predicted molar refractivity (Wildman–Crippen MR) is 91.8 cm³/mol. The average Bonchev–Trinajstić information content (AvgIpc) is 2.56. The predicted octanol–water partition coefficient (Wildman–Crippen LogP) is 4.14. The second-order valence-corrected chi connectivity index (χ2v) is 5.59. The fraction of sp³-hybridized carbons (Fsp3) is 0.412. The van der Waals surface area contributed by atoms with Gasteiger partial charge in [-0.25, -0.2) is 0 Å². The van der Waals surface area contributed by atoms with Crippen LogP contribution < -0.4 is 4.74 Å². The van der Waals surface area contributed by atoms with Crippen LogP contribution in [0.5, 0.6) is 5.75 Å². The molecular weight excluding hydrogens is 315 g/mol. The van der Waals surface area contributed by atoms with Crippen molar-refractivity contribution in [3.63, 3.8) is 0 Å². The summed E-state index contributed by atoms with van der Waals surface area (Å²) < 4.78 is 19.8. The maximum absolute atomic E-state index is 8.70. The highest BCUT2D eigenvalue weighted by Crippen LogP contribution is 2.34. The molecule has 2 N–H and O–H groups in total. The molecular formula is C17H24O5P+. The minimum atomic E-state index is -2.87. The van der Waals surface area contributed by atoms with E-state index < -0.39 is 8.25 Å².